The van der Waals surface area contributed by atoms with Gasteiger partial charge in [-0.3, -0.25) is 0 Å². The molecule has 0 radical (unpaired) electrons. The van der Waals surface area contributed by atoms with E-state index in [4.69, 9.17) is 9.72 Å². The van der Waals surface area contributed by atoms with Gasteiger partial charge < -0.3 is 9.30 Å². The lowest BCUT2D eigenvalue weighted by Gasteiger charge is -2.19. The number of aromatic nitrogens is 2. The van der Waals surface area contributed by atoms with Crippen LogP contribution in [0.1, 0.15) is 24.4 Å². The van der Waals surface area contributed by atoms with Crippen LogP contribution in [-0.2, 0) is 6.54 Å². The van der Waals surface area contributed by atoms with Gasteiger partial charge in [-0.15, -0.1) is 0 Å². The number of imidazole rings is 1. The Balaban J connectivity index is 1.34. The van der Waals surface area contributed by atoms with Crippen LogP contribution < -0.4 is 4.74 Å². The Bertz CT molecular complexity index is 1800. The minimum Gasteiger partial charge on any atom is -0.482 e. The summed E-state index contributed by atoms with van der Waals surface area (Å²) in [6.07, 6.45) is -0.218. The number of nitrogens with zero attached hydrogens (tertiary/aromatic N) is 2. The van der Waals surface area contributed by atoms with Crippen molar-refractivity contribution >= 4 is 43.4 Å². The first-order valence-corrected chi connectivity index (χ1v) is 12.1. The number of fused-ring (bicyclic) bond motifs is 1. The second-order valence-corrected chi connectivity index (χ2v) is 9.21. The van der Waals surface area contributed by atoms with E-state index in [0.717, 1.165) is 34.5 Å². The van der Waals surface area contributed by atoms with Crippen molar-refractivity contribution in [2.24, 2.45) is 0 Å². The third kappa shape index (κ3) is 3.23. The summed E-state index contributed by atoms with van der Waals surface area (Å²) in [6, 6.07) is 38.4. The number of hydrogen-bond acceptors (Lipinski definition) is 2. The first-order valence-electron chi connectivity index (χ1n) is 12.1. The molecule has 7 rings (SSSR count). The van der Waals surface area contributed by atoms with E-state index >= 15 is 0 Å². The Labute approximate surface area is 203 Å². The molecule has 0 bridgehead atoms. The van der Waals surface area contributed by atoms with Gasteiger partial charge in [0.15, 0.2) is 11.9 Å². The Hall–Kier alpha value is -4.37. The first-order chi connectivity index (χ1) is 17.3. The van der Waals surface area contributed by atoms with Gasteiger partial charge in [0.1, 0.15) is 5.75 Å². The average molecular weight is 453 g/mol. The van der Waals surface area contributed by atoms with E-state index < -0.39 is 0 Å². The molecule has 0 saturated carbocycles. The standard InChI is InChI=1S/C32H24N2O/c1-21(32-33-27-12-5-6-13-28(27)34(32)20-22-8-3-2-4-9-22)35-29-19-17-25-15-14-23-10-7-11-24-16-18-26(29)31(25)30(23)24/h2-19,21H,20H2,1H3. The molecule has 1 aromatic heterocycles. The SMILES string of the molecule is CC(Oc1ccc2ccc3cccc4ccc1c2c34)c1nc2ccccc2n1Cc1ccccc1. The highest BCUT2D eigenvalue weighted by atomic mass is 16.5. The second-order valence-electron chi connectivity index (χ2n) is 9.21. The van der Waals surface area contributed by atoms with Crippen molar-refractivity contribution in [3.05, 3.63) is 121 Å². The molecule has 0 N–H and O–H groups in total. The number of benzene rings is 6. The van der Waals surface area contributed by atoms with Crippen LogP contribution >= 0.6 is 0 Å². The number of ether oxygens (including phenoxy) is 1. The summed E-state index contributed by atoms with van der Waals surface area (Å²) >= 11 is 0. The normalized spacial score (nSPS) is 12.7. The van der Waals surface area contributed by atoms with Gasteiger partial charge in [-0.05, 0) is 58.3 Å². The molecule has 3 heteroatoms. The maximum absolute atomic E-state index is 6.68. The van der Waals surface area contributed by atoms with Gasteiger partial charge in [0.2, 0.25) is 0 Å². The lowest BCUT2D eigenvalue weighted by Crippen LogP contribution is -2.13. The highest BCUT2D eigenvalue weighted by Crippen LogP contribution is 2.39. The molecule has 0 saturated heterocycles. The third-order valence-electron chi connectivity index (χ3n) is 7.02. The number of rotatable bonds is 5. The predicted octanol–water partition coefficient (Wildman–Crippen LogP) is 8.12. The molecular formula is C32H24N2O. The molecule has 0 amide bonds. The maximum atomic E-state index is 6.68. The minimum atomic E-state index is -0.218. The fourth-order valence-corrected chi connectivity index (χ4v) is 5.39. The zero-order chi connectivity index (χ0) is 23.4. The monoisotopic (exact) mass is 452 g/mol. The van der Waals surface area contributed by atoms with Gasteiger partial charge in [-0.25, -0.2) is 4.98 Å². The first kappa shape index (κ1) is 20.0. The minimum absolute atomic E-state index is 0.218. The Morgan fingerprint density at radius 2 is 1.37 bits per heavy atom. The van der Waals surface area contributed by atoms with Crippen molar-refractivity contribution in [3.63, 3.8) is 0 Å². The molecule has 6 aromatic carbocycles. The van der Waals surface area contributed by atoms with E-state index in [1.807, 2.05) is 6.07 Å². The largest absolute Gasteiger partial charge is 0.482 e. The molecule has 0 spiro atoms. The molecule has 7 aromatic rings. The molecule has 0 aliphatic carbocycles. The van der Waals surface area contributed by atoms with Crippen molar-refractivity contribution in [2.45, 2.75) is 19.6 Å². The summed E-state index contributed by atoms with van der Waals surface area (Å²) in [5.74, 6) is 1.82. The number of hydrogen-bond donors (Lipinski definition) is 0. The molecule has 168 valence electrons. The van der Waals surface area contributed by atoms with E-state index in [1.54, 1.807) is 0 Å². The van der Waals surface area contributed by atoms with E-state index in [9.17, 15) is 0 Å². The van der Waals surface area contributed by atoms with E-state index in [2.05, 4.69) is 115 Å². The van der Waals surface area contributed by atoms with Crippen LogP contribution in [0.15, 0.2) is 109 Å². The highest BCUT2D eigenvalue weighted by molar-refractivity contribution is 6.24. The van der Waals surface area contributed by atoms with Crippen LogP contribution in [0.25, 0.3) is 43.4 Å². The lowest BCUT2D eigenvalue weighted by atomic mass is 9.94. The van der Waals surface area contributed by atoms with Crippen molar-refractivity contribution in [3.8, 4) is 5.75 Å². The smallest absolute Gasteiger partial charge is 0.153 e. The van der Waals surface area contributed by atoms with Gasteiger partial charge >= 0.3 is 0 Å². The van der Waals surface area contributed by atoms with E-state index in [1.165, 1.54) is 32.5 Å². The van der Waals surface area contributed by atoms with Crippen molar-refractivity contribution in [2.75, 3.05) is 0 Å². The molecule has 35 heavy (non-hydrogen) atoms. The van der Waals surface area contributed by atoms with Crippen molar-refractivity contribution < 1.29 is 4.74 Å². The Kier molecular flexibility index (Phi) is 4.49. The Morgan fingerprint density at radius 1 is 0.686 bits per heavy atom. The van der Waals surface area contributed by atoms with Crippen molar-refractivity contribution in [1.82, 2.24) is 9.55 Å². The van der Waals surface area contributed by atoms with Crippen LogP contribution in [-0.4, -0.2) is 9.55 Å². The van der Waals surface area contributed by atoms with Crippen LogP contribution in [0.2, 0.25) is 0 Å². The zero-order valence-corrected chi connectivity index (χ0v) is 19.5. The van der Waals surface area contributed by atoms with Gasteiger partial charge in [0.25, 0.3) is 0 Å². The van der Waals surface area contributed by atoms with Crippen LogP contribution in [0.3, 0.4) is 0 Å². The molecule has 1 heterocycles. The number of para-hydroxylation sites is 2. The molecule has 0 aliphatic rings. The molecule has 1 unspecified atom stereocenters. The van der Waals surface area contributed by atoms with Crippen LogP contribution in [0.4, 0.5) is 0 Å². The summed E-state index contributed by atoms with van der Waals surface area (Å²) in [5.41, 5.74) is 3.35. The second kappa shape index (κ2) is 7.85. The van der Waals surface area contributed by atoms with Gasteiger partial charge in [0.05, 0.1) is 11.0 Å². The summed E-state index contributed by atoms with van der Waals surface area (Å²) in [5, 5.41) is 7.47. The van der Waals surface area contributed by atoms with E-state index in [-0.39, 0.29) is 6.10 Å². The quantitative estimate of drug-likeness (QED) is 0.247. The Morgan fingerprint density at radius 3 is 2.20 bits per heavy atom. The van der Waals surface area contributed by atoms with Crippen molar-refractivity contribution in [1.29, 1.82) is 0 Å². The highest BCUT2D eigenvalue weighted by Gasteiger charge is 2.20. The summed E-state index contributed by atoms with van der Waals surface area (Å²) in [4.78, 5) is 5.00. The molecule has 0 fully saturated rings. The molecule has 0 aliphatic heterocycles. The fraction of sp³-hybridized carbons (Fsp3) is 0.0938. The van der Waals surface area contributed by atoms with E-state index in [0.29, 0.717) is 0 Å². The topological polar surface area (TPSA) is 27.1 Å². The predicted molar refractivity (Wildman–Crippen MR) is 144 cm³/mol. The summed E-state index contributed by atoms with van der Waals surface area (Å²) < 4.78 is 8.97. The zero-order valence-electron chi connectivity index (χ0n) is 19.5. The summed E-state index contributed by atoms with van der Waals surface area (Å²) in [7, 11) is 0. The fourth-order valence-electron chi connectivity index (χ4n) is 5.39. The maximum Gasteiger partial charge on any atom is 0.153 e. The summed E-state index contributed by atoms with van der Waals surface area (Å²) in [6.45, 7) is 2.85. The van der Waals surface area contributed by atoms with Gasteiger partial charge in [-0.1, -0.05) is 84.9 Å². The lowest BCUT2D eigenvalue weighted by molar-refractivity contribution is 0.215. The van der Waals surface area contributed by atoms with Crippen LogP contribution in [0.5, 0.6) is 5.75 Å². The van der Waals surface area contributed by atoms with Gasteiger partial charge in [0, 0.05) is 17.3 Å². The third-order valence-corrected chi connectivity index (χ3v) is 7.02. The molecular weight excluding hydrogens is 428 g/mol. The average Bonchev–Trinajstić information content (AvgIpc) is 3.27. The van der Waals surface area contributed by atoms with Crippen LogP contribution in [0, 0.1) is 0 Å². The van der Waals surface area contributed by atoms with Gasteiger partial charge in [-0.2, -0.15) is 0 Å². The molecule has 3 nitrogen and oxygen atoms in total. The molecule has 1 atom stereocenters.